The second-order valence-corrected chi connectivity index (χ2v) is 12.4. The van der Waals surface area contributed by atoms with E-state index in [9.17, 15) is 18.0 Å². The zero-order valence-electron chi connectivity index (χ0n) is 24.1. The Hall–Kier alpha value is -3.56. The monoisotopic (exact) mass is 599 g/mol. The molecule has 220 valence electrons. The summed E-state index contributed by atoms with van der Waals surface area (Å²) >= 11 is 6.21. The second kappa shape index (κ2) is 14.4. The summed E-state index contributed by atoms with van der Waals surface area (Å²) in [5.74, 6) is -0.606. The molecule has 3 aromatic carbocycles. The molecule has 3 rings (SSSR count). The molecule has 0 saturated carbocycles. The molecule has 0 bridgehead atoms. The van der Waals surface area contributed by atoms with Crippen LogP contribution in [0.1, 0.15) is 37.0 Å². The van der Waals surface area contributed by atoms with Gasteiger partial charge in [-0.1, -0.05) is 73.1 Å². The van der Waals surface area contributed by atoms with Crippen LogP contribution in [-0.4, -0.2) is 57.1 Å². The summed E-state index contributed by atoms with van der Waals surface area (Å²) in [4.78, 5) is 29.5. The molecular weight excluding hydrogens is 562 g/mol. The fraction of sp³-hybridized carbons (Fsp3) is 0.355. The van der Waals surface area contributed by atoms with Gasteiger partial charge in [0.25, 0.3) is 0 Å². The zero-order valence-corrected chi connectivity index (χ0v) is 25.7. The van der Waals surface area contributed by atoms with E-state index in [1.54, 1.807) is 12.1 Å². The van der Waals surface area contributed by atoms with E-state index in [0.717, 1.165) is 27.3 Å². The molecule has 0 aliphatic carbocycles. The number of nitrogens with zero attached hydrogens (tertiary/aromatic N) is 2. The molecule has 3 aromatic rings. The number of carbonyl (C=O) groups excluding carboxylic acids is 2. The normalized spacial score (nSPS) is 12.7. The molecule has 0 aliphatic heterocycles. The summed E-state index contributed by atoms with van der Waals surface area (Å²) in [7, 11) is -2.55. The number of nitrogens with one attached hydrogen (secondary N) is 1. The molecule has 10 heteroatoms. The first-order chi connectivity index (χ1) is 19.4. The lowest BCUT2D eigenvalue weighted by molar-refractivity contribution is -0.140. The molecule has 0 fully saturated rings. The van der Waals surface area contributed by atoms with Gasteiger partial charge in [-0.25, -0.2) is 8.42 Å². The Labute approximate surface area is 248 Å². The number of amides is 2. The Kier molecular flexibility index (Phi) is 11.2. The van der Waals surface area contributed by atoms with Crippen LogP contribution in [0.2, 0.25) is 5.02 Å². The Morgan fingerprint density at radius 1 is 1.02 bits per heavy atom. The van der Waals surface area contributed by atoms with E-state index in [1.165, 1.54) is 18.1 Å². The third kappa shape index (κ3) is 8.71. The molecule has 0 spiro atoms. The number of hydrogen-bond acceptors (Lipinski definition) is 5. The molecule has 41 heavy (non-hydrogen) atoms. The van der Waals surface area contributed by atoms with Crippen molar-refractivity contribution in [1.29, 1.82) is 0 Å². The number of ether oxygens (including phenoxy) is 1. The fourth-order valence-corrected chi connectivity index (χ4v) is 5.43. The van der Waals surface area contributed by atoms with Gasteiger partial charge in [0.05, 0.1) is 19.1 Å². The van der Waals surface area contributed by atoms with Crippen LogP contribution in [-0.2, 0) is 32.6 Å². The van der Waals surface area contributed by atoms with E-state index in [-0.39, 0.29) is 41.4 Å². The lowest BCUT2D eigenvalue weighted by Crippen LogP contribution is -2.54. The lowest BCUT2D eigenvalue weighted by Gasteiger charge is -2.34. The largest absolute Gasteiger partial charge is 0.495 e. The summed E-state index contributed by atoms with van der Waals surface area (Å²) in [6.45, 7) is 5.37. The van der Waals surface area contributed by atoms with Gasteiger partial charge in [-0.15, -0.1) is 0 Å². The van der Waals surface area contributed by atoms with Crippen LogP contribution in [0.25, 0.3) is 0 Å². The van der Waals surface area contributed by atoms with Crippen molar-refractivity contribution in [3.63, 3.8) is 0 Å². The molecule has 0 unspecified atom stereocenters. The molecule has 0 saturated heterocycles. The maximum absolute atomic E-state index is 14.2. The Morgan fingerprint density at radius 2 is 1.68 bits per heavy atom. The number of carbonyl (C=O) groups is 2. The van der Waals surface area contributed by atoms with Gasteiger partial charge in [-0.2, -0.15) is 0 Å². The molecule has 0 heterocycles. The van der Waals surface area contributed by atoms with Gasteiger partial charge in [0, 0.05) is 24.0 Å². The number of halogens is 1. The van der Waals surface area contributed by atoms with E-state index in [2.05, 4.69) is 5.32 Å². The Balaban J connectivity index is 2.11. The molecule has 8 nitrogen and oxygen atoms in total. The number of aryl methyl sites for hydroxylation is 1. The van der Waals surface area contributed by atoms with Crippen LogP contribution in [0, 0.1) is 6.92 Å². The quantitative estimate of drug-likeness (QED) is 0.299. The maximum atomic E-state index is 14.2. The van der Waals surface area contributed by atoms with Crippen molar-refractivity contribution in [3.8, 4) is 5.75 Å². The third-order valence-corrected chi connectivity index (χ3v) is 8.32. The highest BCUT2D eigenvalue weighted by Gasteiger charge is 2.34. The summed E-state index contributed by atoms with van der Waals surface area (Å²) in [5, 5.41) is 3.31. The van der Waals surface area contributed by atoms with Gasteiger partial charge in [0.1, 0.15) is 18.3 Å². The smallest absolute Gasteiger partial charge is 0.244 e. The number of rotatable bonds is 13. The summed E-state index contributed by atoms with van der Waals surface area (Å²) in [5.41, 5.74) is 2.80. The van der Waals surface area contributed by atoms with Crippen molar-refractivity contribution in [3.05, 3.63) is 94.5 Å². The van der Waals surface area contributed by atoms with Crippen molar-refractivity contribution in [2.24, 2.45) is 0 Å². The predicted molar refractivity (Wildman–Crippen MR) is 164 cm³/mol. The average Bonchev–Trinajstić information content (AvgIpc) is 2.94. The number of methoxy groups -OCH3 is 1. The minimum Gasteiger partial charge on any atom is -0.495 e. The van der Waals surface area contributed by atoms with E-state index in [0.29, 0.717) is 6.42 Å². The molecule has 1 N–H and O–H groups in total. The lowest BCUT2D eigenvalue weighted by atomic mass is 10.0. The second-order valence-electron chi connectivity index (χ2n) is 10.1. The summed E-state index contributed by atoms with van der Waals surface area (Å²) in [6, 6.07) is 20.6. The molecule has 2 amide bonds. The van der Waals surface area contributed by atoms with Crippen molar-refractivity contribution < 1.29 is 22.7 Å². The topological polar surface area (TPSA) is 96.0 Å². The first-order valence-electron chi connectivity index (χ1n) is 13.4. The van der Waals surface area contributed by atoms with Crippen molar-refractivity contribution >= 4 is 39.1 Å². The zero-order chi connectivity index (χ0) is 30.2. The maximum Gasteiger partial charge on any atom is 0.244 e. The van der Waals surface area contributed by atoms with E-state index < -0.39 is 28.5 Å². The van der Waals surface area contributed by atoms with Gasteiger partial charge in [0.2, 0.25) is 21.8 Å². The number of anilines is 1. The number of hydrogen-bond donors (Lipinski definition) is 1. The standard InChI is InChI=1S/C31H38ClN3O5S/c1-6-23(3)33-31(37)28(18-24-13-8-7-9-14-24)34(20-25-15-11-10-12-22(25)2)30(36)21-35(41(5,38)39)27-19-26(32)16-17-29(27)40-4/h7-17,19,23,28H,6,18,20-21H2,1-5H3,(H,33,37)/t23-,28-/m1/s1. The van der Waals surface area contributed by atoms with Crippen LogP contribution in [0.5, 0.6) is 5.75 Å². The fourth-order valence-electron chi connectivity index (χ4n) is 4.42. The van der Waals surface area contributed by atoms with E-state index >= 15 is 0 Å². The minimum absolute atomic E-state index is 0.112. The van der Waals surface area contributed by atoms with Crippen LogP contribution in [0.3, 0.4) is 0 Å². The molecular formula is C31H38ClN3O5S. The minimum atomic E-state index is -3.96. The van der Waals surface area contributed by atoms with Crippen molar-refractivity contribution in [2.75, 3.05) is 24.2 Å². The SMILES string of the molecule is CC[C@@H](C)NC(=O)[C@@H](Cc1ccccc1)N(Cc1ccccc1C)C(=O)CN(c1cc(Cl)ccc1OC)S(C)(=O)=O. The molecule has 2 atom stereocenters. The van der Waals surface area contributed by atoms with Gasteiger partial charge in [0.15, 0.2) is 0 Å². The highest BCUT2D eigenvalue weighted by molar-refractivity contribution is 7.92. The van der Waals surface area contributed by atoms with Gasteiger partial charge in [-0.05, 0) is 55.2 Å². The predicted octanol–water partition coefficient (Wildman–Crippen LogP) is 4.98. The Morgan fingerprint density at radius 3 is 2.29 bits per heavy atom. The van der Waals surface area contributed by atoms with Gasteiger partial charge in [-0.3, -0.25) is 13.9 Å². The van der Waals surface area contributed by atoms with Crippen molar-refractivity contribution in [2.45, 2.75) is 52.2 Å². The van der Waals surface area contributed by atoms with Crippen LogP contribution >= 0.6 is 11.6 Å². The summed E-state index contributed by atoms with van der Waals surface area (Å²) < 4.78 is 32.4. The third-order valence-electron chi connectivity index (χ3n) is 6.96. The molecule has 0 radical (unpaired) electrons. The number of sulfonamides is 1. The molecule has 0 aliphatic rings. The van der Waals surface area contributed by atoms with Crippen LogP contribution < -0.4 is 14.4 Å². The van der Waals surface area contributed by atoms with Crippen LogP contribution in [0.15, 0.2) is 72.8 Å². The van der Waals surface area contributed by atoms with E-state index in [1.807, 2.05) is 75.4 Å². The average molecular weight is 600 g/mol. The highest BCUT2D eigenvalue weighted by Crippen LogP contribution is 2.33. The highest BCUT2D eigenvalue weighted by atomic mass is 35.5. The van der Waals surface area contributed by atoms with Gasteiger partial charge >= 0.3 is 0 Å². The van der Waals surface area contributed by atoms with E-state index in [4.69, 9.17) is 16.3 Å². The Bertz CT molecular complexity index is 1450. The van der Waals surface area contributed by atoms with Crippen LogP contribution in [0.4, 0.5) is 5.69 Å². The molecule has 0 aromatic heterocycles. The first-order valence-corrected chi connectivity index (χ1v) is 15.7. The first kappa shape index (κ1) is 32.0. The number of benzene rings is 3. The van der Waals surface area contributed by atoms with Crippen molar-refractivity contribution in [1.82, 2.24) is 10.2 Å². The summed E-state index contributed by atoms with van der Waals surface area (Å²) in [6.07, 6.45) is 1.98. The van der Waals surface area contributed by atoms with Gasteiger partial charge < -0.3 is 15.0 Å².